The second kappa shape index (κ2) is 12.0. The Morgan fingerprint density at radius 2 is 1.59 bits per heavy atom. The summed E-state index contributed by atoms with van der Waals surface area (Å²) in [6.45, 7) is 4.68. The fourth-order valence-electron chi connectivity index (χ4n) is 3.44. The van der Waals surface area contributed by atoms with Gasteiger partial charge in [-0.05, 0) is 35.8 Å². The lowest BCUT2D eigenvalue weighted by molar-refractivity contribution is -0.126. The van der Waals surface area contributed by atoms with Crippen molar-refractivity contribution in [2.75, 3.05) is 13.1 Å². The number of nitrogens with two attached hydrogens (primary N) is 1. The van der Waals surface area contributed by atoms with Gasteiger partial charge in [0.05, 0.1) is 6.54 Å². The first-order chi connectivity index (χ1) is 12.5. The highest BCUT2D eigenvalue weighted by atomic mass is 35.5. The topological polar surface area (TPSA) is 84.2 Å². The van der Waals surface area contributed by atoms with Gasteiger partial charge in [0, 0.05) is 19.0 Å². The summed E-state index contributed by atoms with van der Waals surface area (Å²) in [7, 11) is 0. The minimum absolute atomic E-state index is 0. The number of rotatable bonds is 8. The first kappa shape index (κ1) is 23.4. The monoisotopic (exact) mass is 395 g/mol. The predicted octanol–water partition coefficient (Wildman–Crippen LogP) is 3.43. The van der Waals surface area contributed by atoms with Crippen molar-refractivity contribution in [2.45, 2.75) is 64.3 Å². The van der Waals surface area contributed by atoms with Gasteiger partial charge in [0.25, 0.3) is 0 Å². The van der Waals surface area contributed by atoms with Crippen LogP contribution in [-0.4, -0.2) is 24.9 Å². The number of benzene rings is 1. The van der Waals surface area contributed by atoms with Gasteiger partial charge in [0.1, 0.15) is 0 Å². The molecule has 1 unspecified atom stereocenters. The summed E-state index contributed by atoms with van der Waals surface area (Å²) in [5, 5.41) is 5.52. The molecule has 4 N–H and O–H groups in total. The molecule has 0 bridgehead atoms. The molecule has 1 atom stereocenters. The van der Waals surface area contributed by atoms with Gasteiger partial charge < -0.3 is 16.4 Å². The molecule has 0 heterocycles. The number of carbonyl (C=O) groups excluding carboxylic acids is 2. The number of hydrogen-bond donors (Lipinski definition) is 3. The van der Waals surface area contributed by atoms with E-state index in [1.165, 1.54) is 24.8 Å². The molecular weight excluding hydrogens is 362 g/mol. The molecule has 0 aliphatic heterocycles. The molecule has 0 aromatic heterocycles. The van der Waals surface area contributed by atoms with E-state index in [1.54, 1.807) is 0 Å². The fourth-order valence-corrected chi connectivity index (χ4v) is 3.44. The molecule has 1 aromatic rings. The van der Waals surface area contributed by atoms with Crippen molar-refractivity contribution < 1.29 is 9.59 Å². The molecule has 1 aromatic carbocycles. The molecule has 0 spiro atoms. The van der Waals surface area contributed by atoms with Gasteiger partial charge >= 0.3 is 0 Å². The summed E-state index contributed by atoms with van der Waals surface area (Å²) in [6, 6.07) is 7.93. The average molecular weight is 396 g/mol. The molecule has 1 saturated carbocycles. The van der Waals surface area contributed by atoms with Crippen molar-refractivity contribution >= 4 is 24.2 Å². The number of carbonyl (C=O) groups is 2. The van der Waals surface area contributed by atoms with Crippen LogP contribution in [-0.2, 0) is 9.59 Å². The van der Waals surface area contributed by atoms with Crippen molar-refractivity contribution in [3.63, 3.8) is 0 Å². The third-order valence-electron chi connectivity index (χ3n) is 5.20. The number of nitrogens with one attached hydrogen (secondary N) is 2. The Morgan fingerprint density at radius 1 is 1.00 bits per heavy atom. The van der Waals surface area contributed by atoms with Crippen LogP contribution in [0.4, 0.5) is 0 Å². The van der Waals surface area contributed by atoms with Gasteiger partial charge in [-0.3, -0.25) is 9.59 Å². The maximum Gasteiger partial charge on any atom is 0.239 e. The van der Waals surface area contributed by atoms with Gasteiger partial charge in [-0.25, -0.2) is 0 Å². The Morgan fingerprint density at radius 3 is 2.19 bits per heavy atom. The molecule has 6 heteroatoms. The predicted molar refractivity (Wildman–Crippen MR) is 112 cm³/mol. The van der Waals surface area contributed by atoms with Gasteiger partial charge in [0.2, 0.25) is 11.8 Å². The Labute approximate surface area is 169 Å². The van der Waals surface area contributed by atoms with Crippen LogP contribution in [0.2, 0.25) is 0 Å². The summed E-state index contributed by atoms with van der Waals surface area (Å²) in [6.07, 6.45) is 6.51. The van der Waals surface area contributed by atoms with E-state index in [2.05, 4.69) is 36.6 Å². The van der Waals surface area contributed by atoms with Crippen LogP contribution < -0.4 is 16.4 Å². The van der Waals surface area contributed by atoms with Crippen molar-refractivity contribution in [1.82, 2.24) is 10.6 Å². The number of halogens is 1. The molecule has 1 fully saturated rings. The SMILES string of the molecule is CC(C)c1ccc(C(N)CNC(=O)CNC(=O)CC2CCCCC2)cc1.Cl. The first-order valence-electron chi connectivity index (χ1n) is 9.84. The van der Waals surface area contributed by atoms with E-state index in [0.29, 0.717) is 24.8 Å². The van der Waals surface area contributed by atoms with E-state index < -0.39 is 0 Å². The van der Waals surface area contributed by atoms with Crippen LogP contribution in [0.3, 0.4) is 0 Å². The second-order valence-corrected chi connectivity index (χ2v) is 7.72. The maximum absolute atomic E-state index is 11.9. The van der Waals surface area contributed by atoms with Crippen LogP contribution in [0, 0.1) is 5.92 Å². The molecule has 5 nitrogen and oxygen atoms in total. The molecule has 2 rings (SSSR count). The highest BCUT2D eigenvalue weighted by Crippen LogP contribution is 2.26. The Bertz CT molecular complexity index is 584. The minimum atomic E-state index is -0.252. The van der Waals surface area contributed by atoms with Gasteiger partial charge in [-0.1, -0.05) is 57.4 Å². The first-order valence-corrected chi connectivity index (χ1v) is 9.84. The van der Waals surface area contributed by atoms with Crippen LogP contribution in [0.15, 0.2) is 24.3 Å². The quantitative estimate of drug-likeness (QED) is 0.630. The van der Waals surface area contributed by atoms with E-state index >= 15 is 0 Å². The highest BCUT2D eigenvalue weighted by molar-refractivity contribution is 5.85. The highest BCUT2D eigenvalue weighted by Gasteiger charge is 2.17. The summed E-state index contributed by atoms with van der Waals surface area (Å²) >= 11 is 0. The van der Waals surface area contributed by atoms with E-state index in [0.717, 1.165) is 18.4 Å². The lowest BCUT2D eigenvalue weighted by Gasteiger charge is -2.20. The normalized spacial score (nSPS) is 15.7. The average Bonchev–Trinajstić information content (AvgIpc) is 2.65. The van der Waals surface area contributed by atoms with Crippen LogP contribution in [0.25, 0.3) is 0 Å². The minimum Gasteiger partial charge on any atom is -0.353 e. The second-order valence-electron chi connectivity index (χ2n) is 7.72. The summed E-state index contributed by atoms with van der Waals surface area (Å²) in [5.74, 6) is 0.739. The molecule has 1 aliphatic rings. The molecule has 0 radical (unpaired) electrons. The van der Waals surface area contributed by atoms with E-state index in [1.807, 2.05) is 12.1 Å². The van der Waals surface area contributed by atoms with Crippen molar-refractivity contribution in [1.29, 1.82) is 0 Å². The van der Waals surface area contributed by atoms with E-state index in [9.17, 15) is 9.59 Å². The number of amides is 2. The van der Waals surface area contributed by atoms with Crippen molar-refractivity contribution in [3.8, 4) is 0 Å². The summed E-state index contributed by atoms with van der Waals surface area (Å²) < 4.78 is 0. The third-order valence-corrected chi connectivity index (χ3v) is 5.20. The van der Waals surface area contributed by atoms with Gasteiger partial charge in [-0.2, -0.15) is 0 Å². The van der Waals surface area contributed by atoms with E-state index in [-0.39, 0.29) is 36.8 Å². The zero-order chi connectivity index (χ0) is 18.9. The van der Waals surface area contributed by atoms with Crippen LogP contribution in [0.5, 0.6) is 0 Å². The smallest absolute Gasteiger partial charge is 0.239 e. The zero-order valence-electron chi connectivity index (χ0n) is 16.5. The standard InChI is InChI=1S/C21H33N3O2.ClH/c1-15(2)17-8-10-18(11-9-17)19(22)13-23-21(26)14-24-20(25)12-16-6-4-3-5-7-16;/h8-11,15-16,19H,3-7,12-14,22H2,1-2H3,(H,23,26)(H,24,25);1H. The van der Waals surface area contributed by atoms with Crippen LogP contribution in [0.1, 0.15) is 75.5 Å². The van der Waals surface area contributed by atoms with Crippen molar-refractivity contribution in [3.05, 3.63) is 35.4 Å². The van der Waals surface area contributed by atoms with Gasteiger partial charge in [-0.15, -0.1) is 12.4 Å². The summed E-state index contributed by atoms with van der Waals surface area (Å²) in [4.78, 5) is 23.9. The molecule has 1 aliphatic carbocycles. The molecule has 0 saturated heterocycles. The van der Waals surface area contributed by atoms with Crippen molar-refractivity contribution in [2.24, 2.45) is 11.7 Å². The maximum atomic E-state index is 11.9. The zero-order valence-corrected chi connectivity index (χ0v) is 17.3. The summed E-state index contributed by atoms with van der Waals surface area (Å²) in [5.41, 5.74) is 8.41. The Kier molecular flexibility index (Phi) is 10.4. The number of hydrogen-bond acceptors (Lipinski definition) is 3. The van der Waals surface area contributed by atoms with Gasteiger partial charge in [0.15, 0.2) is 0 Å². The van der Waals surface area contributed by atoms with Crippen LogP contribution >= 0.6 is 12.4 Å². The largest absolute Gasteiger partial charge is 0.353 e. The molecular formula is C21H34ClN3O2. The molecule has 27 heavy (non-hydrogen) atoms. The lowest BCUT2D eigenvalue weighted by Crippen LogP contribution is -2.40. The Balaban J connectivity index is 0.00000364. The fraction of sp³-hybridized carbons (Fsp3) is 0.619. The lowest BCUT2D eigenvalue weighted by atomic mass is 9.87. The molecule has 2 amide bonds. The third kappa shape index (κ3) is 8.31. The molecule has 152 valence electrons. The Hall–Kier alpha value is -1.59. The van der Waals surface area contributed by atoms with E-state index in [4.69, 9.17) is 5.73 Å².